The first kappa shape index (κ1) is 16.3. The van der Waals surface area contributed by atoms with Crippen molar-refractivity contribution in [3.8, 4) is 5.75 Å². The van der Waals surface area contributed by atoms with E-state index >= 15 is 0 Å². The molecule has 4 rings (SSSR count). The summed E-state index contributed by atoms with van der Waals surface area (Å²) < 4.78 is 47.7. The van der Waals surface area contributed by atoms with Crippen molar-refractivity contribution in [2.45, 2.75) is 24.5 Å². The van der Waals surface area contributed by atoms with E-state index in [0.717, 1.165) is 16.8 Å². The molecule has 2 aliphatic rings. The predicted octanol–water partition coefficient (Wildman–Crippen LogP) is 1.90. The molecule has 0 aliphatic carbocycles. The number of nitrogens with two attached hydrogens (primary N) is 1. The van der Waals surface area contributed by atoms with E-state index in [9.17, 15) is 12.8 Å². The second-order valence-electron chi connectivity index (χ2n) is 6.17. The lowest BCUT2D eigenvalue weighted by Gasteiger charge is -2.25. The highest BCUT2D eigenvalue weighted by Gasteiger charge is 2.24. The summed E-state index contributed by atoms with van der Waals surface area (Å²) in [6, 6.07) is 7.75. The van der Waals surface area contributed by atoms with Crippen molar-refractivity contribution in [3.05, 3.63) is 52.8 Å². The number of hydrogen-bond donors (Lipinski definition) is 1. The molecule has 0 saturated carbocycles. The zero-order valence-electron chi connectivity index (χ0n) is 13.4. The van der Waals surface area contributed by atoms with E-state index in [1.165, 1.54) is 18.2 Å². The van der Waals surface area contributed by atoms with Gasteiger partial charge < -0.3 is 14.4 Å². The van der Waals surface area contributed by atoms with Crippen LogP contribution in [0.5, 0.6) is 5.75 Å². The average molecular weight is 364 g/mol. The van der Waals surface area contributed by atoms with Gasteiger partial charge in [0, 0.05) is 29.9 Å². The summed E-state index contributed by atoms with van der Waals surface area (Å²) in [6.45, 7) is 1.67. The summed E-state index contributed by atoms with van der Waals surface area (Å²) >= 11 is 0. The number of benzene rings is 2. The van der Waals surface area contributed by atoms with Gasteiger partial charge in [-0.2, -0.15) is 0 Å². The number of primary sulfonamides is 1. The summed E-state index contributed by atoms with van der Waals surface area (Å²) in [7, 11) is -3.72. The monoisotopic (exact) mass is 364 g/mol. The summed E-state index contributed by atoms with van der Waals surface area (Å²) in [5, 5.41) is 5.19. The Morgan fingerprint density at radius 1 is 1.20 bits per heavy atom. The van der Waals surface area contributed by atoms with Crippen molar-refractivity contribution < 1.29 is 22.3 Å². The third kappa shape index (κ3) is 3.08. The average Bonchev–Trinajstić information content (AvgIpc) is 2.96. The number of sulfonamides is 1. The van der Waals surface area contributed by atoms with Crippen LogP contribution in [-0.2, 0) is 34.3 Å². The quantitative estimate of drug-likeness (QED) is 0.900. The van der Waals surface area contributed by atoms with Crippen LogP contribution in [0.3, 0.4) is 0 Å². The van der Waals surface area contributed by atoms with Crippen LogP contribution in [0.4, 0.5) is 10.1 Å². The van der Waals surface area contributed by atoms with Crippen LogP contribution < -0.4 is 14.8 Å². The van der Waals surface area contributed by atoms with Crippen molar-refractivity contribution in [3.63, 3.8) is 0 Å². The number of hydrogen-bond acceptors (Lipinski definition) is 5. The molecule has 2 aromatic rings. The van der Waals surface area contributed by atoms with E-state index in [2.05, 4.69) is 4.90 Å². The summed E-state index contributed by atoms with van der Waals surface area (Å²) in [5.41, 5.74) is 3.30. The zero-order chi connectivity index (χ0) is 17.6. The van der Waals surface area contributed by atoms with Gasteiger partial charge in [-0.05, 0) is 42.3 Å². The molecule has 0 amide bonds. The van der Waals surface area contributed by atoms with E-state index in [0.29, 0.717) is 37.4 Å². The molecule has 132 valence electrons. The van der Waals surface area contributed by atoms with Crippen molar-refractivity contribution >= 4 is 15.7 Å². The Morgan fingerprint density at radius 2 is 2.04 bits per heavy atom. The molecule has 2 aromatic carbocycles. The van der Waals surface area contributed by atoms with Crippen LogP contribution in [0.15, 0.2) is 35.2 Å². The summed E-state index contributed by atoms with van der Waals surface area (Å²) in [5.74, 6) is 0.342. The van der Waals surface area contributed by atoms with Crippen LogP contribution in [0, 0.1) is 5.82 Å². The van der Waals surface area contributed by atoms with Crippen LogP contribution in [0.2, 0.25) is 0 Å². The summed E-state index contributed by atoms with van der Waals surface area (Å²) in [6.07, 6.45) is 0.708. The lowest BCUT2D eigenvalue weighted by Crippen LogP contribution is -2.22. The lowest BCUT2D eigenvalue weighted by atomic mass is 10.1. The van der Waals surface area contributed by atoms with Gasteiger partial charge in [0.2, 0.25) is 10.0 Å². The molecule has 0 spiro atoms. The lowest BCUT2D eigenvalue weighted by molar-refractivity contribution is -0.0172. The molecule has 2 aliphatic heterocycles. The Kier molecular flexibility index (Phi) is 3.90. The molecule has 2 heterocycles. The fourth-order valence-corrected chi connectivity index (χ4v) is 3.93. The predicted molar refractivity (Wildman–Crippen MR) is 89.3 cm³/mol. The first-order chi connectivity index (χ1) is 11.9. The number of anilines is 1. The van der Waals surface area contributed by atoms with Gasteiger partial charge >= 0.3 is 0 Å². The van der Waals surface area contributed by atoms with Gasteiger partial charge in [-0.15, -0.1) is 0 Å². The Hall–Kier alpha value is -2.16. The molecule has 0 fully saturated rings. The minimum atomic E-state index is -3.72. The first-order valence-corrected chi connectivity index (χ1v) is 9.39. The number of ether oxygens (including phenoxy) is 2. The Bertz CT molecular complexity index is 946. The molecule has 0 aromatic heterocycles. The Balaban J connectivity index is 1.66. The molecule has 0 saturated heterocycles. The SMILES string of the molecule is NS(=O)(=O)c1ccc2c(c1)CCN2Cc1cc(F)cc2c1OCOC2. The fraction of sp³-hybridized carbons (Fsp3) is 0.294. The van der Waals surface area contributed by atoms with Crippen molar-refractivity contribution in [2.24, 2.45) is 5.14 Å². The Morgan fingerprint density at radius 3 is 2.84 bits per heavy atom. The molecule has 0 bridgehead atoms. The van der Waals surface area contributed by atoms with Gasteiger partial charge in [0.15, 0.2) is 6.79 Å². The van der Waals surface area contributed by atoms with Crippen molar-refractivity contribution in [2.75, 3.05) is 18.2 Å². The van der Waals surface area contributed by atoms with E-state index in [1.807, 2.05) is 0 Å². The molecule has 8 heteroatoms. The van der Waals surface area contributed by atoms with Gasteiger partial charge in [-0.3, -0.25) is 0 Å². The van der Waals surface area contributed by atoms with Gasteiger partial charge in [-0.1, -0.05) is 0 Å². The smallest absolute Gasteiger partial charge is 0.238 e. The third-order valence-corrected chi connectivity index (χ3v) is 5.40. The Labute approximate surface area is 145 Å². The maximum atomic E-state index is 13.9. The van der Waals surface area contributed by atoms with Crippen molar-refractivity contribution in [1.82, 2.24) is 0 Å². The first-order valence-electron chi connectivity index (χ1n) is 7.84. The normalized spacial score (nSPS) is 16.3. The molecule has 0 atom stereocenters. The van der Waals surface area contributed by atoms with Crippen molar-refractivity contribution in [1.29, 1.82) is 0 Å². The van der Waals surface area contributed by atoms with Gasteiger partial charge in [0.05, 0.1) is 11.5 Å². The van der Waals surface area contributed by atoms with E-state index in [1.54, 1.807) is 12.1 Å². The molecule has 6 nitrogen and oxygen atoms in total. The highest BCUT2D eigenvalue weighted by Crippen LogP contribution is 2.35. The summed E-state index contributed by atoms with van der Waals surface area (Å²) in [4.78, 5) is 2.19. The minimum absolute atomic E-state index is 0.108. The van der Waals surface area contributed by atoms with E-state index < -0.39 is 10.0 Å². The topological polar surface area (TPSA) is 81.9 Å². The maximum absolute atomic E-state index is 13.9. The van der Waals surface area contributed by atoms with Crippen LogP contribution >= 0.6 is 0 Å². The van der Waals surface area contributed by atoms with Crippen LogP contribution in [0.25, 0.3) is 0 Å². The molecule has 0 unspecified atom stereocenters. The number of fused-ring (bicyclic) bond motifs is 2. The molecular formula is C17H17FN2O4S. The van der Waals surface area contributed by atoms with Crippen LogP contribution in [-0.4, -0.2) is 21.8 Å². The second kappa shape index (κ2) is 5.98. The largest absolute Gasteiger partial charge is 0.467 e. The molecule has 2 N–H and O–H groups in total. The third-order valence-electron chi connectivity index (χ3n) is 4.48. The van der Waals surface area contributed by atoms with E-state index in [4.69, 9.17) is 14.6 Å². The van der Waals surface area contributed by atoms with Gasteiger partial charge in [0.1, 0.15) is 11.6 Å². The number of rotatable bonds is 3. The fourth-order valence-electron chi connectivity index (χ4n) is 3.37. The highest BCUT2D eigenvalue weighted by atomic mass is 32.2. The highest BCUT2D eigenvalue weighted by molar-refractivity contribution is 7.89. The second-order valence-corrected chi connectivity index (χ2v) is 7.73. The van der Waals surface area contributed by atoms with Gasteiger partial charge in [0.25, 0.3) is 0 Å². The number of halogens is 1. The zero-order valence-corrected chi connectivity index (χ0v) is 14.2. The van der Waals surface area contributed by atoms with Gasteiger partial charge in [-0.25, -0.2) is 17.9 Å². The molecule has 25 heavy (non-hydrogen) atoms. The number of nitrogens with zero attached hydrogens (tertiary/aromatic N) is 1. The molecular weight excluding hydrogens is 347 g/mol. The molecule has 0 radical (unpaired) electrons. The van der Waals surface area contributed by atoms with Crippen LogP contribution in [0.1, 0.15) is 16.7 Å². The van der Waals surface area contributed by atoms with E-state index in [-0.39, 0.29) is 17.5 Å². The standard InChI is InChI=1S/C17H17FN2O4S/c18-14-5-12(17-13(6-14)9-23-10-24-17)8-20-4-3-11-7-15(25(19,21)22)1-2-16(11)20/h1-2,5-7H,3-4,8-10H2,(H2,19,21,22). The minimum Gasteiger partial charge on any atom is -0.467 e. The maximum Gasteiger partial charge on any atom is 0.238 e.